The van der Waals surface area contributed by atoms with E-state index in [2.05, 4.69) is 22.9 Å². The van der Waals surface area contributed by atoms with E-state index in [0.717, 1.165) is 6.42 Å². The molecule has 67 valence electrons. The molecule has 0 saturated carbocycles. The highest BCUT2D eigenvalue weighted by molar-refractivity contribution is 9.09. The summed E-state index contributed by atoms with van der Waals surface area (Å²) in [6.07, 6.45) is 7.50. The highest BCUT2D eigenvalue weighted by Crippen LogP contribution is 2.11. The third-order valence-electron chi connectivity index (χ3n) is 1.80. The maximum absolute atomic E-state index is 10.3. The summed E-state index contributed by atoms with van der Waals surface area (Å²) in [5.74, 6) is 0. The van der Waals surface area contributed by atoms with E-state index in [9.17, 15) is 5.11 Å². The monoisotopic (exact) mass is 221 g/mol. The molecule has 0 N–H and O–H groups in total. The van der Waals surface area contributed by atoms with E-state index in [1.54, 1.807) is 0 Å². The van der Waals surface area contributed by atoms with Crippen LogP contribution in [-0.4, -0.2) is 11.4 Å². The maximum Gasteiger partial charge on any atom is 0.0947 e. The summed E-state index contributed by atoms with van der Waals surface area (Å²) in [5.41, 5.74) is 0. The zero-order valence-corrected chi connectivity index (χ0v) is 8.90. The number of halogens is 1. The molecule has 0 rings (SSSR count). The smallest absolute Gasteiger partial charge is 0.0947 e. The fourth-order valence-corrected chi connectivity index (χ4v) is 1.38. The molecule has 0 aromatic heterocycles. The van der Waals surface area contributed by atoms with Gasteiger partial charge in [0.2, 0.25) is 0 Å². The van der Waals surface area contributed by atoms with Gasteiger partial charge in [0, 0.05) is 4.83 Å². The standard InChI is InChI=1S/C9H18BrO/c1-2-3-4-5-6-7-9(10)8-11/h9H,2-8H2,1H3. The first-order valence-electron chi connectivity index (χ1n) is 4.53. The van der Waals surface area contributed by atoms with E-state index < -0.39 is 0 Å². The average Bonchev–Trinajstić information content (AvgIpc) is 2.04. The molecule has 1 unspecified atom stereocenters. The molecule has 0 fully saturated rings. The number of alkyl halides is 1. The summed E-state index contributed by atoms with van der Waals surface area (Å²) in [7, 11) is 0. The van der Waals surface area contributed by atoms with Gasteiger partial charge in [0.25, 0.3) is 0 Å². The molecule has 2 heteroatoms. The Morgan fingerprint density at radius 1 is 1.18 bits per heavy atom. The molecule has 0 bridgehead atoms. The predicted molar refractivity (Wildman–Crippen MR) is 51.6 cm³/mol. The lowest BCUT2D eigenvalue weighted by atomic mass is 10.1. The van der Waals surface area contributed by atoms with Gasteiger partial charge in [-0.3, -0.25) is 0 Å². The lowest BCUT2D eigenvalue weighted by Gasteiger charge is -2.03. The molecule has 0 aromatic rings. The maximum atomic E-state index is 10.3. The van der Waals surface area contributed by atoms with Crippen molar-refractivity contribution in [3.8, 4) is 0 Å². The summed E-state index contributed by atoms with van der Waals surface area (Å²) >= 11 is 3.33. The van der Waals surface area contributed by atoms with Crippen LogP contribution in [0.4, 0.5) is 0 Å². The van der Waals surface area contributed by atoms with E-state index in [4.69, 9.17) is 0 Å². The third-order valence-corrected chi connectivity index (χ3v) is 2.52. The van der Waals surface area contributed by atoms with Gasteiger partial charge in [-0.15, -0.1) is 0 Å². The van der Waals surface area contributed by atoms with Crippen molar-refractivity contribution in [2.24, 2.45) is 0 Å². The van der Waals surface area contributed by atoms with Crippen LogP contribution in [0.5, 0.6) is 0 Å². The predicted octanol–water partition coefficient (Wildman–Crippen LogP) is 3.54. The molecule has 0 aliphatic heterocycles. The zero-order valence-electron chi connectivity index (χ0n) is 7.31. The van der Waals surface area contributed by atoms with E-state index in [-0.39, 0.29) is 11.4 Å². The molecule has 0 aromatic carbocycles. The first-order valence-corrected chi connectivity index (χ1v) is 5.45. The molecule has 0 heterocycles. The molecule has 0 amide bonds. The molecule has 0 aliphatic carbocycles. The summed E-state index contributed by atoms with van der Waals surface area (Å²) in [5, 5.41) is 10.3. The van der Waals surface area contributed by atoms with Crippen molar-refractivity contribution in [2.75, 3.05) is 6.61 Å². The second-order valence-electron chi connectivity index (χ2n) is 2.97. The highest BCUT2D eigenvalue weighted by Gasteiger charge is 2.00. The number of hydrogen-bond donors (Lipinski definition) is 0. The normalized spacial score (nSPS) is 13.4. The van der Waals surface area contributed by atoms with Gasteiger partial charge in [0.15, 0.2) is 0 Å². The Labute approximate surface area is 78.3 Å². The van der Waals surface area contributed by atoms with E-state index in [1.807, 2.05) is 0 Å². The quantitative estimate of drug-likeness (QED) is 0.463. The summed E-state index contributed by atoms with van der Waals surface area (Å²) in [6.45, 7) is 2.23. The van der Waals surface area contributed by atoms with Crippen molar-refractivity contribution in [1.29, 1.82) is 0 Å². The Hall–Kier alpha value is 0.440. The molecule has 0 spiro atoms. The first kappa shape index (κ1) is 11.4. The molecule has 0 saturated heterocycles. The Morgan fingerprint density at radius 3 is 2.36 bits per heavy atom. The van der Waals surface area contributed by atoms with Gasteiger partial charge in [0.1, 0.15) is 0 Å². The summed E-state index contributed by atoms with van der Waals surface area (Å²) in [6, 6.07) is 0. The van der Waals surface area contributed by atoms with Crippen LogP contribution in [0, 0.1) is 0 Å². The van der Waals surface area contributed by atoms with Gasteiger partial charge in [-0.2, -0.15) is 0 Å². The van der Waals surface area contributed by atoms with E-state index in [1.165, 1.54) is 32.1 Å². The number of rotatable bonds is 7. The summed E-state index contributed by atoms with van der Waals surface area (Å²) in [4.78, 5) is 0.212. The van der Waals surface area contributed by atoms with Crippen LogP contribution in [0.25, 0.3) is 0 Å². The minimum Gasteiger partial charge on any atom is -0.236 e. The van der Waals surface area contributed by atoms with Crippen molar-refractivity contribution in [3.63, 3.8) is 0 Å². The third kappa shape index (κ3) is 8.35. The number of hydrogen-bond acceptors (Lipinski definition) is 0. The van der Waals surface area contributed by atoms with Gasteiger partial charge >= 0.3 is 0 Å². The second kappa shape index (κ2) is 8.54. The molecule has 1 atom stereocenters. The van der Waals surface area contributed by atoms with Crippen molar-refractivity contribution in [1.82, 2.24) is 0 Å². The number of unbranched alkanes of at least 4 members (excludes halogenated alkanes) is 4. The highest BCUT2D eigenvalue weighted by atomic mass is 79.9. The topological polar surface area (TPSA) is 19.9 Å². The molecule has 1 radical (unpaired) electrons. The fourth-order valence-electron chi connectivity index (χ4n) is 1.05. The first-order chi connectivity index (χ1) is 5.31. The molecule has 11 heavy (non-hydrogen) atoms. The van der Waals surface area contributed by atoms with E-state index >= 15 is 0 Å². The van der Waals surface area contributed by atoms with Gasteiger partial charge in [-0.05, 0) is 6.42 Å². The van der Waals surface area contributed by atoms with Crippen LogP contribution in [0.15, 0.2) is 0 Å². The SMILES string of the molecule is CCCCCCCC(Br)C[O]. The molecular formula is C9H18BrO. The Kier molecular flexibility index (Phi) is 8.88. The second-order valence-corrected chi connectivity index (χ2v) is 4.26. The minimum atomic E-state index is 0.0216. The van der Waals surface area contributed by atoms with Crippen LogP contribution in [-0.2, 0) is 5.11 Å². The molecular weight excluding hydrogens is 204 g/mol. The van der Waals surface area contributed by atoms with Crippen LogP contribution in [0.1, 0.15) is 45.4 Å². The van der Waals surface area contributed by atoms with Gasteiger partial charge in [-0.25, -0.2) is 5.11 Å². The van der Waals surface area contributed by atoms with Crippen LogP contribution < -0.4 is 0 Å². The van der Waals surface area contributed by atoms with Crippen molar-refractivity contribution in [2.45, 2.75) is 50.3 Å². The van der Waals surface area contributed by atoms with Crippen LogP contribution in [0.3, 0.4) is 0 Å². The minimum absolute atomic E-state index is 0.0216. The van der Waals surface area contributed by atoms with Crippen molar-refractivity contribution in [3.05, 3.63) is 0 Å². The Balaban J connectivity index is 2.89. The van der Waals surface area contributed by atoms with Gasteiger partial charge in [-0.1, -0.05) is 55.0 Å². The largest absolute Gasteiger partial charge is 0.236 e. The Bertz CT molecular complexity index is 76.0. The zero-order chi connectivity index (χ0) is 8.53. The lowest BCUT2D eigenvalue weighted by Crippen LogP contribution is -2.01. The van der Waals surface area contributed by atoms with Crippen molar-refractivity contribution >= 4 is 15.9 Å². The molecule has 0 aliphatic rings. The fraction of sp³-hybridized carbons (Fsp3) is 1.00. The van der Waals surface area contributed by atoms with Gasteiger partial charge < -0.3 is 0 Å². The Morgan fingerprint density at radius 2 is 1.82 bits per heavy atom. The van der Waals surface area contributed by atoms with Gasteiger partial charge in [0.05, 0.1) is 6.61 Å². The van der Waals surface area contributed by atoms with Crippen molar-refractivity contribution < 1.29 is 5.11 Å². The lowest BCUT2D eigenvalue weighted by molar-refractivity contribution is 0.192. The van der Waals surface area contributed by atoms with E-state index in [0.29, 0.717) is 0 Å². The average molecular weight is 222 g/mol. The molecule has 1 nitrogen and oxygen atoms in total. The van der Waals surface area contributed by atoms with Crippen LogP contribution in [0.2, 0.25) is 0 Å². The van der Waals surface area contributed by atoms with Crippen LogP contribution >= 0.6 is 15.9 Å². The summed E-state index contributed by atoms with van der Waals surface area (Å²) < 4.78 is 0.